The van der Waals surface area contributed by atoms with Gasteiger partial charge in [-0.3, -0.25) is 4.79 Å². The smallest absolute Gasteiger partial charge is 0.277 e. The van der Waals surface area contributed by atoms with Crippen LogP contribution in [0.1, 0.15) is 42.0 Å². The maximum absolute atomic E-state index is 13.2. The number of halogens is 2. The number of ether oxygens (including phenoxy) is 2. The van der Waals surface area contributed by atoms with Crippen LogP contribution in [0.2, 0.25) is 0 Å². The molecular weight excluding hydrogens is 535 g/mol. The molecule has 0 aliphatic rings. The molecule has 0 radical (unpaired) electrons. The van der Waals surface area contributed by atoms with E-state index in [9.17, 15) is 9.18 Å². The fraction of sp³-hybridized carbons (Fsp3) is 0.200. The van der Waals surface area contributed by atoms with Gasteiger partial charge >= 0.3 is 0 Å². The highest BCUT2D eigenvalue weighted by Crippen LogP contribution is 2.32. The highest BCUT2D eigenvalue weighted by molar-refractivity contribution is 9.10. The van der Waals surface area contributed by atoms with Crippen LogP contribution >= 0.6 is 15.9 Å². The van der Waals surface area contributed by atoms with Crippen LogP contribution in [0.4, 0.5) is 4.39 Å². The van der Waals surface area contributed by atoms with Gasteiger partial charge < -0.3 is 9.47 Å². The second kappa shape index (κ2) is 12.0. The SMILES string of the molecule is Cc1cc(OCC(=O)N/N=C\c2c(OCc3ccc(F)cc3)ccc3ccccc23)c(C(C)C)cc1Br. The molecule has 0 saturated carbocycles. The van der Waals surface area contributed by atoms with Crippen LogP contribution in [-0.2, 0) is 11.4 Å². The first-order chi connectivity index (χ1) is 17.8. The van der Waals surface area contributed by atoms with Crippen molar-refractivity contribution >= 4 is 38.8 Å². The topological polar surface area (TPSA) is 59.9 Å². The molecule has 0 unspecified atom stereocenters. The van der Waals surface area contributed by atoms with Gasteiger partial charge in [0.2, 0.25) is 0 Å². The lowest BCUT2D eigenvalue weighted by atomic mass is 10.0. The molecule has 0 spiro atoms. The van der Waals surface area contributed by atoms with Gasteiger partial charge in [0.25, 0.3) is 5.91 Å². The molecule has 0 atom stereocenters. The number of nitrogens with one attached hydrogen (secondary N) is 1. The number of amides is 1. The number of nitrogens with zero attached hydrogens (tertiary/aromatic N) is 1. The lowest BCUT2D eigenvalue weighted by Gasteiger charge is -2.15. The van der Waals surface area contributed by atoms with Gasteiger partial charge in [-0.15, -0.1) is 0 Å². The quantitative estimate of drug-likeness (QED) is 0.172. The third kappa shape index (κ3) is 6.74. The van der Waals surface area contributed by atoms with E-state index in [1.807, 2.05) is 55.5 Å². The minimum Gasteiger partial charge on any atom is -0.488 e. The van der Waals surface area contributed by atoms with Crippen LogP contribution in [0.5, 0.6) is 11.5 Å². The fourth-order valence-corrected chi connectivity index (χ4v) is 4.23. The summed E-state index contributed by atoms with van der Waals surface area (Å²) in [6, 6.07) is 21.8. The summed E-state index contributed by atoms with van der Waals surface area (Å²) in [6.07, 6.45) is 1.57. The van der Waals surface area contributed by atoms with E-state index in [1.54, 1.807) is 18.3 Å². The van der Waals surface area contributed by atoms with Gasteiger partial charge in [0.1, 0.15) is 23.9 Å². The molecule has 0 saturated heterocycles. The minimum absolute atomic E-state index is 0.165. The number of fused-ring (bicyclic) bond motifs is 1. The number of carbonyl (C=O) groups excluding carboxylic acids is 1. The van der Waals surface area contributed by atoms with Crippen LogP contribution in [0.15, 0.2) is 82.4 Å². The second-order valence-corrected chi connectivity index (χ2v) is 9.84. The third-order valence-corrected chi connectivity index (χ3v) is 6.75. The van der Waals surface area contributed by atoms with Gasteiger partial charge in [-0.25, -0.2) is 9.82 Å². The van der Waals surface area contributed by atoms with Gasteiger partial charge in [-0.05, 0) is 70.6 Å². The molecule has 5 nitrogen and oxygen atoms in total. The fourth-order valence-electron chi connectivity index (χ4n) is 3.87. The zero-order valence-electron chi connectivity index (χ0n) is 20.9. The van der Waals surface area contributed by atoms with Gasteiger partial charge in [0.15, 0.2) is 6.61 Å². The maximum atomic E-state index is 13.2. The molecule has 4 aromatic rings. The number of hydrazone groups is 1. The number of carbonyl (C=O) groups is 1. The zero-order valence-corrected chi connectivity index (χ0v) is 22.5. The molecule has 0 aliphatic carbocycles. The normalized spacial score (nSPS) is 11.3. The Balaban J connectivity index is 1.47. The largest absolute Gasteiger partial charge is 0.488 e. The molecule has 0 heterocycles. The Kier molecular flexibility index (Phi) is 8.56. The average Bonchev–Trinajstić information content (AvgIpc) is 2.89. The van der Waals surface area contributed by atoms with Crippen molar-refractivity contribution in [3.63, 3.8) is 0 Å². The molecule has 0 bridgehead atoms. The van der Waals surface area contributed by atoms with Crippen molar-refractivity contribution in [1.82, 2.24) is 5.43 Å². The zero-order chi connectivity index (χ0) is 26.4. The average molecular weight is 563 g/mol. The molecule has 4 aromatic carbocycles. The van der Waals surface area contributed by atoms with E-state index in [0.29, 0.717) is 11.5 Å². The summed E-state index contributed by atoms with van der Waals surface area (Å²) in [5.74, 6) is 0.857. The Hall–Kier alpha value is -3.71. The summed E-state index contributed by atoms with van der Waals surface area (Å²) in [4.78, 5) is 12.5. The lowest BCUT2D eigenvalue weighted by Crippen LogP contribution is -2.25. The summed E-state index contributed by atoms with van der Waals surface area (Å²) >= 11 is 3.56. The van der Waals surface area contributed by atoms with E-state index in [1.165, 1.54) is 12.1 Å². The third-order valence-electron chi connectivity index (χ3n) is 5.89. The Labute approximate surface area is 224 Å². The van der Waals surface area contributed by atoms with Crippen molar-refractivity contribution in [2.75, 3.05) is 6.61 Å². The van der Waals surface area contributed by atoms with Gasteiger partial charge in [0.05, 0.1) is 6.21 Å². The number of hydrogen-bond donors (Lipinski definition) is 1. The number of aryl methyl sites for hydroxylation is 1. The molecule has 0 aromatic heterocycles. The summed E-state index contributed by atoms with van der Waals surface area (Å²) in [5, 5.41) is 6.12. The first-order valence-corrected chi connectivity index (χ1v) is 12.7. The molecule has 7 heteroatoms. The molecule has 0 aliphatic heterocycles. The Morgan fingerprint density at radius 3 is 2.54 bits per heavy atom. The Bertz CT molecular complexity index is 1440. The van der Waals surface area contributed by atoms with Crippen molar-refractivity contribution in [3.8, 4) is 11.5 Å². The lowest BCUT2D eigenvalue weighted by molar-refractivity contribution is -0.123. The van der Waals surface area contributed by atoms with Crippen molar-refractivity contribution in [2.45, 2.75) is 33.3 Å². The van der Waals surface area contributed by atoms with E-state index in [0.717, 1.165) is 37.5 Å². The summed E-state index contributed by atoms with van der Waals surface area (Å²) < 4.78 is 26.1. The standard InChI is InChI=1S/C30H28BrFN2O3/c1-19(2)25-15-27(31)20(3)14-29(25)37-18-30(35)34-33-16-26-24-7-5-4-6-22(24)10-13-28(26)36-17-21-8-11-23(32)12-9-21/h4-16,19H,17-18H2,1-3H3,(H,34,35)/b33-16-. The molecular formula is C30H28BrFN2O3. The first-order valence-electron chi connectivity index (χ1n) is 12.0. The van der Waals surface area contributed by atoms with Crippen LogP contribution in [0.25, 0.3) is 10.8 Å². The Morgan fingerprint density at radius 2 is 1.78 bits per heavy atom. The van der Waals surface area contributed by atoms with Crippen LogP contribution < -0.4 is 14.9 Å². The Morgan fingerprint density at radius 1 is 1.03 bits per heavy atom. The number of benzene rings is 4. The second-order valence-electron chi connectivity index (χ2n) is 8.99. The number of rotatable bonds is 9. The van der Waals surface area contributed by atoms with E-state index >= 15 is 0 Å². The van der Waals surface area contributed by atoms with Crippen molar-refractivity contribution in [1.29, 1.82) is 0 Å². The maximum Gasteiger partial charge on any atom is 0.277 e. The van der Waals surface area contributed by atoms with E-state index in [-0.39, 0.29) is 30.9 Å². The van der Waals surface area contributed by atoms with E-state index in [2.05, 4.69) is 40.3 Å². The molecule has 1 amide bonds. The predicted molar refractivity (Wildman–Crippen MR) is 149 cm³/mol. The van der Waals surface area contributed by atoms with Gasteiger partial charge in [-0.1, -0.05) is 72.2 Å². The monoisotopic (exact) mass is 562 g/mol. The molecule has 1 N–H and O–H groups in total. The summed E-state index contributed by atoms with van der Waals surface area (Å²) in [5.41, 5.74) is 6.17. The molecule has 190 valence electrons. The highest BCUT2D eigenvalue weighted by atomic mass is 79.9. The minimum atomic E-state index is -0.374. The van der Waals surface area contributed by atoms with E-state index in [4.69, 9.17) is 9.47 Å². The van der Waals surface area contributed by atoms with Crippen molar-refractivity contribution < 1.29 is 18.7 Å². The van der Waals surface area contributed by atoms with Gasteiger partial charge in [0, 0.05) is 10.0 Å². The van der Waals surface area contributed by atoms with Crippen LogP contribution in [0, 0.1) is 12.7 Å². The summed E-state index contributed by atoms with van der Waals surface area (Å²) in [6.45, 7) is 6.24. The van der Waals surface area contributed by atoms with Crippen LogP contribution in [-0.4, -0.2) is 18.7 Å². The van der Waals surface area contributed by atoms with E-state index < -0.39 is 0 Å². The molecule has 4 rings (SSSR count). The molecule has 37 heavy (non-hydrogen) atoms. The van der Waals surface area contributed by atoms with Crippen LogP contribution in [0.3, 0.4) is 0 Å². The highest BCUT2D eigenvalue weighted by Gasteiger charge is 2.13. The molecule has 0 fully saturated rings. The first kappa shape index (κ1) is 26.4. The number of hydrogen-bond acceptors (Lipinski definition) is 4. The van der Waals surface area contributed by atoms with Crippen molar-refractivity contribution in [2.24, 2.45) is 5.10 Å². The van der Waals surface area contributed by atoms with Gasteiger partial charge in [-0.2, -0.15) is 5.10 Å². The predicted octanol–water partition coefficient (Wildman–Crippen LogP) is 7.28. The summed E-state index contributed by atoms with van der Waals surface area (Å²) in [7, 11) is 0. The van der Waals surface area contributed by atoms with Crippen molar-refractivity contribution in [3.05, 3.63) is 105 Å².